The summed E-state index contributed by atoms with van der Waals surface area (Å²) < 4.78 is 0. The maximum atomic E-state index is 11.9. The van der Waals surface area contributed by atoms with Crippen molar-refractivity contribution in [1.82, 2.24) is 10.6 Å². The summed E-state index contributed by atoms with van der Waals surface area (Å²) in [6, 6.07) is 4.80. The molecule has 0 aliphatic carbocycles. The summed E-state index contributed by atoms with van der Waals surface area (Å²) in [7, 11) is 0. The Labute approximate surface area is 145 Å². The summed E-state index contributed by atoms with van der Waals surface area (Å²) in [6.07, 6.45) is 0. The molecular formula is C14H18Cl3N3O2. The highest BCUT2D eigenvalue weighted by Crippen LogP contribution is 2.25. The molecule has 1 fully saturated rings. The Morgan fingerprint density at radius 3 is 2.64 bits per heavy atom. The molecule has 1 aromatic carbocycles. The van der Waals surface area contributed by atoms with E-state index >= 15 is 0 Å². The predicted molar refractivity (Wildman–Crippen MR) is 90.9 cm³/mol. The minimum absolute atomic E-state index is 0. The Morgan fingerprint density at radius 1 is 1.36 bits per heavy atom. The van der Waals surface area contributed by atoms with Gasteiger partial charge in [0.1, 0.15) is 0 Å². The topological polar surface area (TPSA) is 70.2 Å². The predicted octanol–water partition coefficient (Wildman–Crippen LogP) is 2.33. The summed E-state index contributed by atoms with van der Waals surface area (Å²) in [5, 5.41) is 9.24. The highest BCUT2D eigenvalue weighted by molar-refractivity contribution is 6.35. The molecule has 0 spiro atoms. The van der Waals surface area contributed by atoms with E-state index in [-0.39, 0.29) is 36.7 Å². The van der Waals surface area contributed by atoms with Gasteiger partial charge in [-0.15, -0.1) is 12.4 Å². The van der Waals surface area contributed by atoms with Crippen LogP contribution < -0.4 is 16.0 Å². The van der Waals surface area contributed by atoms with Crippen LogP contribution >= 0.6 is 35.6 Å². The SMILES string of the molecule is CC(C(=O)NCC(=O)Nc1cc(Cl)ccc1Cl)C1CNC1.Cl. The summed E-state index contributed by atoms with van der Waals surface area (Å²) in [5.41, 5.74) is 0.430. The van der Waals surface area contributed by atoms with Crippen molar-refractivity contribution in [2.45, 2.75) is 6.92 Å². The first-order valence-corrected chi connectivity index (χ1v) is 7.46. The Kier molecular flexibility index (Phi) is 7.42. The van der Waals surface area contributed by atoms with E-state index in [0.29, 0.717) is 21.7 Å². The number of carbonyl (C=O) groups is 2. The van der Waals surface area contributed by atoms with Crippen LogP contribution in [0.3, 0.4) is 0 Å². The van der Waals surface area contributed by atoms with Gasteiger partial charge in [-0.3, -0.25) is 9.59 Å². The standard InChI is InChI=1S/C14H17Cl2N3O2.ClH/c1-8(9-5-17-6-9)14(21)18-7-13(20)19-12-4-10(15)2-3-11(12)16;/h2-4,8-9,17H,5-7H2,1H3,(H,18,21)(H,19,20);1H. The molecule has 3 N–H and O–H groups in total. The van der Waals surface area contributed by atoms with Crippen molar-refractivity contribution in [2.75, 3.05) is 25.0 Å². The second-order valence-electron chi connectivity index (χ2n) is 5.10. The maximum Gasteiger partial charge on any atom is 0.243 e. The van der Waals surface area contributed by atoms with Crippen molar-refractivity contribution in [2.24, 2.45) is 11.8 Å². The zero-order valence-electron chi connectivity index (χ0n) is 12.0. The van der Waals surface area contributed by atoms with Crippen LogP contribution in [-0.4, -0.2) is 31.4 Å². The van der Waals surface area contributed by atoms with Crippen LogP contribution in [0.5, 0.6) is 0 Å². The average Bonchev–Trinajstić information content (AvgIpc) is 2.38. The zero-order valence-corrected chi connectivity index (χ0v) is 14.3. The molecule has 0 aromatic heterocycles. The van der Waals surface area contributed by atoms with Gasteiger partial charge in [-0.05, 0) is 37.2 Å². The summed E-state index contributed by atoms with van der Waals surface area (Å²) in [5.74, 6) is -0.218. The Hall–Kier alpha value is -1.01. The van der Waals surface area contributed by atoms with Crippen LogP contribution in [0.25, 0.3) is 0 Å². The molecule has 8 heteroatoms. The third-order valence-electron chi connectivity index (χ3n) is 3.56. The van der Waals surface area contributed by atoms with Crippen LogP contribution in [0.15, 0.2) is 18.2 Å². The van der Waals surface area contributed by atoms with Crippen molar-refractivity contribution in [3.8, 4) is 0 Å². The monoisotopic (exact) mass is 365 g/mol. The third-order valence-corrected chi connectivity index (χ3v) is 4.12. The fourth-order valence-electron chi connectivity index (χ4n) is 1.99. The molecule has 2 rings (SSSR count). The zero-order chi connectivity index (χ0) is 15.4. The Bertz CT molecular complexity index is 550. The first kappa shape index (κ1) is 19.0. The molecule has 1 atom stereocenters. The summed E-state index contributed by atoms with van der Waals surface area (Å²) >= 11 is 11.8. The lowest BCUT2D eigenvalue weighted by molar-refractivity contribution is -0.128. The lowest BCUT2D eigenvalue weighted by atomic mass is 9.88. The number of nitrogens with one attached hydrogen (secondary N) is 3. The second kappa shape index (κ2) is 8.58. The van der Waals surface area contributed by atoms with Crippen molar-refractivity contribution < 1.29 is 9.59 Å². The molecule has 1 unspecified atom stereocenters. The van der Waals surface area contributed by atoms with Crippen molar-refractivity contribution >= 4 is 53.1 Å². The number of hydrogen-bond acceptors (Lipinski definition) is 3. The number of anilines is 1. The van der Waals surface area contributed by atoms with Crippen molar-refractivity contribution in [3.05, 3.63) is 28.2 Å². The van der Waals surface area contributed by atoms with Gasteiger partial charge in [-0.2, -0.15) is 0 Å². The van der Waals surface area contributed by atoms with E-state index in [1.807, 2.05) is 6.92 Å². The number of hydrogen-bond donors (Lipinski definition) is 3. The number of amides is 2. The quantitative estimate of drug-likeness (QED) is 0.749. The molecule has 1 aliphatic heterocycles. The largest absolute Gasteiger partial charge is 0.347 e. The third kappa shape index (κ3) is 5.02. The molecular weight excluding hydrogens is 349 g/mol. The molecule has 22 heavy (non-hydrogen) atoms. The molecule has 1 heterocycles. The van der Waals surface area contributed by atoms with Gasteiger partial charge in [0.15, 0.2) is 0 Å². The van der Waals surface area contributed by atoms with E-state index in [4.69, 9.17) is 23.2 Å². The lowest BCUT2D eigenvalue weighted by Gasteiger charge is -2.31. The molecule has 1 aromatic rings. The van der Waals surface area contributed by atoms with E-state index in [1.54, 1.807) is 18.2 Å². The first-order chi connectivity index (χ1) is 9.97. The van der Waals surface area contributed by atoms with Crippen molar-refractivity contribution in [1.29, 1.82) is 0 Å². The van der Waals surface area contributed by atoms with E-state index in [9.17, 15) is 9.59 Å². The smallest absolute Gasteiger partial charge is 0.243 e. The maximum absolute atomic E-state index is 11.9. The van der Waals surface area contributed by atoms with Crippen LogP contribution in [0.1, 0.15) is 6.92 Å². The number of halogens is 3. The van der Waals surface area contributed by atoms with Gasteiger partial charge in [0.2, 0.25) is 11.8 Å². The minimum Gasteiger partial charge on any atom is -0.347 e. The van der Waals surface area contributed by atoms with Crippen LogP contribution in [0, 0.1) is 11.8 Å². The molecule has 0 bridgehead atoms. The second-order valence-corrected chi connectivity index (χ2v) is 5.94. The van der Waals surface area contributed by atoms with Gasteiger partial charge >= 0.3 is 0 Å². The Morgan fingerprint density at radius 2 is 2.05 bits per heavy atom. The molecule has 0 radical (unpaired) electrons. The average molecular weight is 367 g/mol. The minimum atomic E-state index is -0.341. The molecule has 122 valence electrons. The molecule has 2 amide bonds. The molecule has 0 saturated carbocycles. The van der Waals surface area contributed by atoms with Crippen LogP contribution in [0.2, 0.25) is 10.0 Å². The Balaban J connectivity index is 0.00000242. The van der Waals surface area contributed by atoms with Gasteiger partial charge in [-0.25, -0.2) is 0 Å². The summed E-state index contributed by atoms with van der Waals surface area (Å²) in [6.45, 7) is 3.47. The summed E-state index contributed by atoms with van der Waals surface area (Å²) in [4.78, 5) is 23.7. The van der Waals surface area contributed by atoms with Crippen LogP contribution in [0.4, 0.5) is 5.69 Å². The lowest BCUT2D eigenvalue weighted by Crippen LogP contribution is -2.50. The number of carbonyl (C=O) groups excluding carboxylic acids is 2. The van der Waals surface area contributed by atoms with E-state index in [2.05, 4.69) is 16.0 Å². The van der Waals surface area contributed by atoms with Crippen molar-refractivity contribution in [3.63, 3.8) is 0 Å². The van der Waals surface area contributed by atoms with E-state index in [0.717, 1.165) is 13.1 Å². The van der Waals surface area contributed by atoms with Crippen LogP contribution in [-0.2, 0) is 9.59 Å². The van der Waals surface area contributed by atoms with Gasteiger partial charge in [0.05, 0.1) is 17.3 Å². The fraction of sp³-hybridized carbons (Fsp3) is 0.429. The molecule has 1 aliphatic rings. The molecule has 1 saturated heterocycles. The normalized spacial score (nSPS) is 15.2. The first-order valence-electron chi connectivity index (χ1n) is 6.70. The van der Waals surface area contributed by atoms with E-state index < -0.39 is 0 Å². The fourth-order valence-corrected chi connectivity index (χ4v) is 2.33. The highest BCUT2D eigenvalue weighted by atomic mass is 35.5. The van der Waals surface area contributed by atoms with Gasteiger partial charge in [0, 0.05) is 10.9 Å². The number of benzene rings is 1. The van der Waals surface area contributed by atoms with Gasteiger partial charge in [-0.1, -0.05) is 30.1 Å². The van der Waals surface area contributed by atoms with Gasteiger partial charge in [0.25, 0.3) is 0 Å². The number of rotatable bonds is 5. The molecule has 5 nitrogen and oxygen atoms in total. The van der Waals surface area contributed by atoms with Gasteiger partial charge < -0.3 is 16.0 Å². The highest BCUT2D eigenvalue weighted by Gasteiger charge is 2.28. The van der Waals surface area contributed by atoms with E-state index in [1.165, 1.54) is 0 Å².